The van der Waals surface area contributed by atoms with Gasteiger partial charge in [0.15, 0.2) is 0 Å². The first kappa shape index (κ1) is 19.4. The largest absolute Gasteiger partial charge is 0.309 e. The Morgan fingerprint density at radius 2 is 2.10 bits per heavy atom. The van der Waals surface area contributed by atoms with Crippen LogP contribution in [0.2, 0.25) is 0 Å². The predicted molar refractivity (Wildman–Crippen MR) is 120 cm³/mol. The van der Waals surface area contributed by atoms with Gasteiger partial charge in [0.2, 0.25) is 5.16 Å². The van der Waals surface area contributed by atoms with Gasteiger partial charge in [0.05, 0.1) is 16.3 Å². The number of benzene rings is 1. The molecule has 0 radical (unpaired) electrons. The van der Waals surface area contributed by atoms with Crippen LogP contribution in [-0.4, -0.2) is 30.2 Å². The fourth-order valence-electron chi connectivity index (χ4n) is 3.87. The van der Waals surface area contributed by atoms with Crippen LogP contribution in [0, 0.1) is 12.8 Å². The fraction of sp³-hybridized carbons (Fsp3) is 0.381. The molecular weight excluding hydrogens is 416 g/mol. The number of aromatic amines is 1. The molecule has 2 atom stereocenters. The molecular formula is C21H22N6OS2. The summed E-state index contributed by atoms with van der Waals surface area (Å²) in [4.78, 5) is 22.9. The van der Waals surface area contributed by atoms with Gasteiger partial charge in [0.1, 0.15) is 10.7 Å². The van der Waals surface area contributed by atoms with Crippen LogP contribution < -0.4 is 5.56 Å². The van der Waals surface area contributed by atoms with Crippen LogP contribution in [0.15, 0.2) is 34.2 Å². The number of thioether (sulfide) groups is 1. The molecule has 3 aromatic heterocycles. The number of rotatable bonds is 4. The topological polar surface area (TPSA) is 89.3 Å². The zero-order valence-corrected chi connectivity index (χ0v) is 18.7. The summed E-state index contributed by atoms with van der Waals surface area (Å²) in [5.74, 6) is 1.32. The van der Waals surface area contributed by atoms with Crippen molar-refractivity contribution < 1.29 is 0 Å². The van der Waals surface area contributed by atoms with Gasteiger partial charge in [-0.05, 0) is 67.2 Å². The Bertz CT molecular complexity index is 1270. The standard InChI is InChI=1S/C21H22N6OS2/c1-11-4-7-14(8-5-11)27-21(24-25-26-27)29-13(3)18-22-19(28)17-15-9-6-12(2)10-16(15)30-20(17)23-18/h4-5,7-8,12-13H,6,9-10H2,1-3H3,(H,22,23,28). The van der Waals surface area contributed by atoms with Crippen LogP contribution in [-0.2, 0) is 12.8 Å². The number of fused-ring (bicyclic) bond motifs is 3. The number of nitrogens with one attached hydrogen (secondary N) is 1. The first-order chi connectivity index (χ1) is 14.5. The highest BCUT2D eigenvalue weighted by Gasteiger charge is 2.24. The molecule has 7 nitrogen and oxygen atoms in total. The summed E-state index contributed by atoms with van der Waals surface area (Å²) >= 11 is 3.15. The Morgan fingerprint density at radius 1 is 1.30 bits per heavy atom. The van der Waals surface area contributed by atoms with E-state index in [-0.39, 0.29) is 10.8 Å². The molecule has 0 spiro atoms. The van der Waals surface area contributed by atoms with E-state index in [0.717, 1.165) is 35.2 Å². The molecule has 2 unspecified atom stereocenters. The molecule has 1 aliphatic carbocycles. The average Bonchev–Trinajstić information content (AvgIpc) is 3.32. The van der Waals surface area contributed by atoms with Crippen LogP contribution >= 0.6 is 23.1 Å². The van der Waals surface area contributed by atoms with Crippen molar-refractivity contribution in [1.29, 1.82) is 0 Å². The van der Waals surface area contributed by atoms with E-state index in [1.54, 1.807) is 16.0 Å². The van der Waals surface area contributed by atoms with Crippen molar-refractivity contribution in [3.8, 4) is 5.69 Å². The van der Waals surface area contributed by atoms with Crippen molar-refractivity contribution in [3.63, 3.8) is 0 Å². The molecule has 1 aromatic carbocycles. The molecule has 3 heterocycles. The molecule has 0 amide bonds. The van der Waals surface area contributed by atoms with Crippen molar-refractivity contribution in [2.24, 2.45) is 5.92 Å². The van der Waals surface area contributed by atoms with Crippen molar-refractivity contribution in [2.75, 3.05) is 0 Å². The Labute approximate surface area is 181 Å². The summed E-state index contributed by atoms with van der Waals surface area (Å²) in [7, 11) is 0. The highest BCUT2D eigenvalue weighted by Crippen LogP contribution is 2.37. The molecule has 4 aromatic rings. The highest BCUT2D eigenvalue weighted by molar-refractivity contribution is 7.99. The first-order valence-corrected chi connectivity index (χ1v) is 11.8. The van der Waals surface area contributed by atoms with Gasteiger partial charge in [-0.2, -0.15) is 4.68 Å². The minimum atomic E-state index is -0.102. The van der Waals surface area contributed by atoms with E-state index in [1.165, 1.54) is 27.8 Å². The third kappa shape index (κ3) is 3.45. The maximum atomic E-state index is 12.9. The molecule has 0 fully saturated rings. The van der Waals surface area contributed by atoms with Crippen molar-refractivity contribution in [3.05, 3.63) is 56.4 Å². The van der Waals surface area contributed by atoms with Crippen molar-refractivity contribution in [1.82, 2.24) is 30.2 Å². The second-order valence-electron chi connectivity index (χ2n) is 7.95. The van der Waals surface area contributed by atoms with E-state index < -0.39 is 0 Å². The molecule has 0 saturated carbocycles. The number of hydrogen-bond acceptors (Lipinski definition) is 7. The monoisotopic (exact) mass is 438 g/mol. The van der Waals surface area contributed by atoms with Gasteiger partial charge in [-0.25, -0.2) is 4.98 Å². The van der Waals surface area contributed by atoms with E-state index in [2.05, 4.69) is 27.4 Å². The van der Waals surface area contributed by atoms with Crippen molar-refractivity contribution >= 4 is 33.3 Å². The van der Waals surface area contributed by atoms with E-state index in [4.69, 9.17) is 4.98 Å². The van der Waals surface area contributed by atoms with Crippen LogP contribution in [0.5, 0.6) is 0 Å². The number of tetrazole rings is 1. The summed E-state index contributed by atoms with van der Waals surface area (Å²) in [5.41, 5.74) is 3.25. The van der Waals surface area contributed by atoms with E-state index >= 15 is 0 Å². The van der Waals surface area contributed by atoms with Gasteiger partial charge in [-0.3, -0.25) is 4.79 Å². The second-order valence-corrected chi connectivity index (χ2v) is 10.3. The summed E-state index contributed by atoms with van der Waals surface area (Å²) in [6, 6.07) is 8.04. The number of hydrogen-bond donors (Lipinski definition) is 1. The number of aryl methyl sites for hydroxylation is 2. The molecule has 0 saturated heterocycles. The lowest BCUT2D eigenvalue weighted by molar-refractivity contribution is 0.509. The van der Waals surface area contributed by atoms with Gasteiger partial charge in [-0.1, -0.05) is 36.4 Å². The zero-order valence-electron chi connectivity index (χ0n) is 17.0. The predicted octanol–water partition coefficient (Wildman–Crippen LogP) is 4.25. The lowest BCUT2D eigenvalue weighted by Crippen LogP contribution is -2.15. The first-order valence-electron chi connectivity index (χ1n) is 10.1. The Morgan fingerprint density at radius 3 is 2.90 bits per heavy atom. The fourth-order valence-corrected chi connectivity index (χ4v) is 6.13. The molecule has 154 valence electrons. The van der Waals surface area contributed by atoms with E-state index in [1.807, 2.05) is 38.1 Å². The van der Waals surface area contributed by atoms with Gasteiger partial charge in [0, 0.05) is 4.88 Å². The number of thiophene rings is 1. The van der Waals surface area contributed by atoms with E-state index in [9.17, 15) is 4.79 Å². The van der Waals surface area contributed by atoms with Crippen LogP contribution in [0.1, 0.15) is 47.3 Å². The third-order valence-corrected chi connectivity index (χ3v) is 7.76. The maximum absolute atomic E-state index is 12.9. The molecule has 5 rings (SSSR count). The normalized spacial score (nSPS) is 17.2. The quantitative estimate of drug-likeness (QED) is 0.479. The average molecular weight is 439 g/mol. The van der Waals surface area contributed by atoms with Crippen molar-refractivity contribution in [2.45, 2.75) is 50.4 Å². The number of nitrogens with zero attached hydrogens (tertiary/aromatic N) is 5. The summed E-state index contributed by atoms with van der Waals surface area (Å²) < 4.78 is 1.71. The van der Waals surface area contributed by atoms with Gasteiger partial charge >= 0.3 is 0 Å². The summed E-state index contributed by atoms with van der Waals surface area (Å²) in [5, 5.41) is 13.5. The summed E-state index contributed by atoms with van der Waals surface area (Å²) in [6.45, 7) is 6.33. The van der Waals surface area contributed by atoms with Crippen LogP contribution in [0.4, 0.5) is 0 Å². The molecule has 1 N–H and O–H groups in total. The molecule has 30 heavy (non-hydrogen) atoms. The summed E-state index contributed by atoms with van der Waals surface area (Å²) in [6.07, 6.45) is 3.14. The lowest BCUT2D eigenvalue weighted by Gasteiger charge is -2.17. The van der Waals surface area contributed by atoms with Gasteiger partial charge in [0.25, 0.3) is 5.56 Å². The van der Waals surface area contributed by atoms with Gasteiger partial charge in [-0.15, -0.1) is 16.4 Å². The number of H-pyrrole nitrogens is 1. The number of aromatic nitrogens is 6. The lowest BCUT2D eigenvalue weighted by atomic mass is 9.89. The molecule has 9 heteroatoms. The maximum Gasteiger partial charge on any atom is 0.259 e. The Hall–Kier alpha value is -2.52. The van der Waals surface area contributed by atoms with E-state index in [0.29, 0.717) is 16.9 Å². The Kier molecular flexibility index (Phi) is 4.94. The smallest absolute Gasteiger partial charge is 0.259 e. The van der Waals surface area contributed by atoms with Crippen LogP contribution in [0.3, 0.4) is 0 Å². The molecule has 0 bridgehead atoms. The van der Waals surface area contributed by atoms with Gasteiger partial charge < -0.3 is 4.98 Å². The van der Waals surface area contributed by atoms with Crippen LogP contribution in [0.25, 0.3) is 15.9 Å². The molecule has 1 aliphatic rings. The second kappa shape index (κ2) is 7.63. The highest BCUT2D eigenvalue weighted by atomic mass is 32.2. The minimum Gasteiger partial charge on any atom is -0.309 e. The SMILES string of the molecule is Cc1ccc(-n2nnnc2SC(C)c2nc3sc4c(c3c(=O)[nH]2)CCC(C)C4)cc1. The minimum absolute atomic E-state index is 0.0346. The zero-order chi connectivity index (χ0) is 20.8. The third-order valence-electron chi connectivity index (χ3n) is 5.57. The molecule has 0 aliphatic heterocycles. The Balaban J connectivity index is 1.46.